The normalized spacial score (nSPS) is 10.2. The zero-order valence-electron chi connectivity index (χ0n) is 16.9. The number of anilines is 1. The number of hydrogen-bond acceptors (Lipinski definition) is 5. The summed E-state index contributed by atoms with van der Waals surface area (Å²) in [6, 6.07) is 14.1. The van der Waals surface area contributed by atoms with Crippen LogP contribution in [0.4, 0.5) is 5.69 Å². The van der Waals surface area contributed by atoms with E-state index >= 15 is 0 Å². The average Bonchev–Trinajstić information content (AvgIpc) is 2.71. The molecule has 7 heteroatoms. The zero-order chi connectivity index (χ0) is 21.2. The number of methoxy groups -OCH3 is 1. The Balaban J connectivity index is 2.01. The topological polar surface area (TPSA) is 84.9 Å². The van der Waals surface area contributed by atoms with Crippen molar-refractivity contribution in [2.75, 3.05) is 25.6 Å². The molecule has 0 spiro atoms. The first kappa shape index (κ1) is 21.9. The molecule has 0 radical (unpaired) electrons. The molecule has 0 aliphatic heterocycles. The van der Waals surface area contributed by atoms with E-state index in [2.05, 4.69) is 5.32 Å². The monoisotopic (exact) mass is 398 g/mol. The summed E-state index contributed by atoms with van der Waals surface area (Å²) in [5.41, 5.74) is 1.54. The highest BCUT2D eigenvalue weighted by Gasteiger charge is 2.17. The minimum absolute atomic E-state index is 0.0892. The number of rotatable bonds is 9. The fourth-order valence-corrected chi connectivity index (χ4v) is 2.82. The van der Waals surface area contributed by atoms with Crippen molar-refractivity contribution in [2.24, 2.45) is 0 Å². The molecule has 0 aliphatic rings. The standard InChI is InChI=1S/C22H26N2O5/c1-4-29-22(27)18-10-6-7-11-19(18)23-21(26)13-14-24(16(2)25)15-17-9-5-8-12-20(17)28-3/h5-12H,4,13-15H2,1-3H3,(H,23,26). The van der Waals surface area contributed by atoms with Crippen LogP contribution in [0.25, 0.3) is 0 Å². The Morgan fingerprint density at radius 3 is 2.41 bits per heavy atom. The number of nitrogens with one attached hydrogen (secondary N) is 1. The Morgan fingerprint density at radius 1 is 1.03 bits per heavy atom. The van der Waals surface area contributed by atoms with Gasteiger partial charge in [0.15, 0.2) is 0 Å². The second-order valence-electron chi connectivity index (χ2n) is 6.32. The van der Waals surface area contributed by atoms with Crippen LogP contribution < -0.4 is 10.1 Å². The van der Waals surface area contributed by atoms with Gasteiger partial charge >= 0.3 is 5.97 Å². The lowest BCUT2D eigenvalue weighted by atomic mass is 10.1. The van der Waals surface area contributed by atoms with Gasteiger partial charge in [-0.1, -0.05) is 30.3 Å². The molecule has 154 valence electrons. The molecule has 0 saturated carbocycles. The highest BCUT2D eigenvalue weighted by molar-refractivity contribution is 6.01. The van der Waals surface area contributed by atoms with Crippen molar-refractivity contribution in [3.8, 4) is 5.75 Å². The highest BCUT2D eigenvalue weighted by atomic mass is 16.5. The van der Waals surface area contributed by atoms with Crippen LogP contribution in [0.2, 0.25) is 0 Å². The number of carbonyl (C=O) groups excluding carboxylic acids is 3. The predicted molar refractivity (Wildman–Crippen MR) is 110 cm³/mol. The number of carbonyl (C=O) groups is 3. The Bertz CT molecular complexity index is 866. The summed E-state index contributed by atoms with van der Waals surface area (Å²) in [6.07, 6.45) is 0.0892. The van der Waals surface area contributed by atoms with Crippen LogP contribution in [0, 0.1) is 0 Å². The van der Waals surface area contributed by atoms with Crippen LogP contribution in [0.15, 0.2) is 48.5 Å². The fourth-order valence-electron chi connectivity index (χ4n) is 2.82. The van der Waals surface area contributed by atoms with E-state index in [-0.39, 0.29) is 31.4 Å². The van der Waals surface area contributed by atoms with Crippen molar-refractivity contribution in [2.45, 2.75) is 26.8 Å². The highest BCUT2D eigenvalue weighted by Crippen LogP contribution is 2.20. The smallest absolute Gasteiger partial charge is 0.340 e. The third kappa shape index (κ3) is 6.34. The van der Waals surface area contributed by atoms with Crippen molar-refractivity contribution in [3.05, 3.63) is 59.7 Å². The van der Waals surface area contributed by atoms with Gasteiger partial charge < -0.3 is 19.7 Å². The van der Waals surface area contributed by atoms with Crippen LogP contribution in [-0.2, 0) is 20.9 Å². The van der Waals surface area contributed by atoms with Gasteiger partial charge in [0.05, 0.1) is 25.0 Å². The van der Waals surface area contributed by atoms with E-state index in [4.69, 9.17) is 9.47 Å². The van der Waals surface area contributed by atoms with Gasteiger partial charge in [-0.15, -0.1) is 0 Å². The number of benzene rings is 2. The van der Waals surface area contributed by atoms with E-state index in [0.717, 1.165) is 5.56 Å². The first-order valence-corrected chi connectivity index (χ1v) is 9.39. The molecule has 2 aromatic rings. The molecule has 29 heavy (non-hydrogen) atoms. The number of hydrogen-bond donors (Lipinski definition) is 1. The van der Waals surface area contributed by atoms with E-state index < -0.39 is 5.97 Å². The first-order chi connectivity index (χ1) is 14.0. The third-order valence-corrected chi connectivity index (χ3v) is 4.30. The van der Waals surface area contributed by atoms with E-state index in [1.165, 1.54) is 6.92 Å². The molecule has 2 amide bonds. The average molecular weight is 398 g/mol. The Labute approximate surface area is 170 Å². The second-order valence-corrected chi connectivity index (χ2v) is 6.32. The minimum atomic E-state index is -0.495. The van der Waals surface area contributed by atoms with Gasteiger partial charge in [-0.25, -0.2) is 4.79 Å². The maximum Gasteiger partial charge on any atom is 0.340 e. The molecule has 1 N–H and O–H groups in total. The summed E-state index contributed by atoms with van der Waals surface area (Å²) in [6.45, 7) is 4.00. The largest absolute Gasteiger partial charge is 0.496 e. The quantitative estimate of drug-likeness (QED) is 0.656. The summed E-state index contributed by atoms with van der Waals surface area (Å²) in [5, 5.41) is 2.73. The summed E-state index contributed by atoms with van der Waals surface area (Å²) in [4.78, 5) is 38.1. The number of amides is 2. The van der Waals surface area contributed by atoms with E-state index in [1.54, 1.807) is 43.2 Å². The number of para-hydroxylation sites is 2. The van der Waals surface area contributed by atoms with Crippen LogP contribution in [0.5, 0.6) is 5.75 Å². The minimum Gasteiger partial charge on any atom is -0.496 e. The fraction of sp³-hybridized carbons (Fsp3) is 0.318. The predicted octanol–water partition coefficient (Wildman–Crippen LogP) is 3.25. The maximum absolute atomic E-state index is 12.4. The molecule has 0 saturated heterocycles. The van der Waals surface area contributed by atoms with E-state index in [9.17, 15) is 14.4 Å². The third-order valence-electron chi connectivity index (χ3n) is 4.30. The Morgan fingerprint density at radius 2 is 1.72 bits per heavy atom. The molecular formula is C22H26N2O5. The molecule has 0 heterocycles. The molecule has 0 aromatic heterocycles. The lowest BCUT2D eigenvalue weighted by molar-refractivity contribution is -0.129. The molecule has 7 nitrogen and oxygen atoms in total. The summed E-state index contributed by atoms with van der Waals surface area (Å²) < 4.78 is 10.3. The van der Waals surface area contributed by atoms with Crippen LogP contribution >= 0.6 is 0 Å². The SMILES string of the molecule is CCOC(=O)c1ccccc1NC(=O)CCN(Cc1ccccc1OC)C(C)=O. The zero-order valence-corrected chi connectivity index (χ0v) is 16.9. The Kier molecular flexibility index (Phi) is 8.21. The maximum atomic E-state index is 12.4. The van der Waals surface area contributed by atoms with Gasteiger partial charge in [0.25, 0.3) is 0 Å². The van der Waals surface area contributed by atoms with Crippen molar-refractivity contribution in [1.82, 2.24) is 4.90 Å². The van der Waals surface area contributed by atoms with Crippen LogP contribution in [0.1, 0.15) is 36.2 Å². The number of nitrogens with zero attached hydrogens (tertiary/aromatic N) is 1. The molecule has 0 atom stereocenters. The second kappa shape index (κ2) is 10.8. The number of ether oxygens (including phenoxy) is 2. The lowest BCUT2D eigenvalue weighted by Crippen LogP contribution is -2.31. The molecule has 0 aliphatic carbocycles. The Hall–Kier alpha value is -3.35. The number of esters is 1. The van der Waals surface area contributed by atoms with Crippen molar-refractivity contribution < 1.29 is 23.9 Å². The first-order valence-electron chi connectivity index (χ1n) is 9.39. The van der Waals surface area contributed by atoms with Gasteiger partial charge in [-0.05, 0) is 25.1 Å². The van der Waals surface area contributed by atoms with Crippen molar-refractivity contribution in [3.63, 3.8) is 0 Å². The summed E-state index contributed by atoms with van der Waals surface area (Å²) >= 11 is 0. The molecule has 0 unspecified atom stereocenters. The van der Waals surface area contributed by atoms with Crippen LogP contribution in [-0.4, -0.2) is 42.9 Å². The van der Waals surface area contributed by atoms with Crippen molar-refractivity contribution >= 4 is 23.5 Å². The molecular weight excluding hydrogens is 372 g/mol. The van der Waals surface area contributed by atoms with Gasteiger partial charge in [-0.3, -0.25) is 9.59 Å². The molecule has 2 aromatic carbocycles. The van der Waals surface area contributed by atoms with E-state index in [1.807, 2.05) is 24.3 Å². The van der Waals surface area contributed by atoms with Crippen molar-refractivity contribution in [1.29, 1.82) is 0 Å². The van der Waals surface area contributed by atoms with Gasteiger partial charge in [0, 0.05) is 32.0 Å². The van der Waals surface area contributed by atoms with Crippen LogP contribution in [0.3, 0.4) is 0 Å². The van der Waals surface area contributed by atoms with Gasteiger partial charge in [0.2, 0.25) is 11.8 Å². The van der Waals surface area contributed by atoms with Gasteiger partial charge in [0.1, 0.15) is 5.75 Å². The summed E-state index contributed by atoms with van der Waals surface area (Å²) in [5.74, 6) is -0.250. The van der Waals surface area contributed by atoms with Gasteiger partial charge in [-0.2, -0.15) is 0 Å². The molecule has 2 rings (SSSR count). The summed E-state index contributed by atoms with van der Waals surface area (Å²) in [7, 11) is 1.57. The molecule has 0 fully saturated rings. The lowest BCUT2D eigenvalue weighted by Gasteiger charge is -2.22. The van der Waals surface area contributed by atoms with E-state index in [0.29, 0.717) is 23.5 Å². The molecule has 0 bridgehead atoms.